The molecular weight excluding hydrogens is 231 g/mol. The van der Waals surface area contributed by atoms with Crippen LogP contribution in [0.15, 0.2) is 6.20 Å². The highest BCUT2D eigenvalue weighted by atomic mass is 19.4. The van der Waals surface area contributed by atoms with E-state index in [1.54, 1.807) is 7.05 Å². The van der Waals surface area contributed by atoms with Gasteiger partial charge in [-0.25, -0.2) is 9.97 Å². The zero-order chi connectivity index (χ0) is 12.5. The van der Waals surface area contributed by atoms with E-state index >= 15 is 0 Å². The van der Waals surface area contributed by atoms with Crippen molar-refractivity contribution in [2.45, 2.75) is 37.9 Å². The van der Waals surface area contributed by atoms with Crippen LogP contribution in [0.2, 0.25) is 0 Å². The zero-order valence-corrected chi connectivity index (χ0v) is 9.51. The predicted molar refractivity (Wildman–Crippen MR) is 56.5 cm³/mol. The van der Waals surface area contributed by atoms with E-state index in [1.807, 2.05) is 0 Å². The molecule has 1 saturated carbocycles. The fraction of sp³-hybridized carbons (Fsp3) is 0.636. The van der Waals surface area contributed by atoms with E-state index in [1.165, 1.54) is 6.20 Å². The monoisotopic (exact) mass is 245 g/mol. The molecule has 1 aromatic heterocycles. The van der Waals surface area contributed by atoms with E-state index in [0.29, 0.717) is 12.5 Å². The Morgan fingerprint density at radius 1 is 1.41 bits per heavy atom. The molecule has 0 atom stereocenters. The molecule has 1 aliphatic carbocycles. The van der Waals surface area contributed by atoms with Crippen LogP contribution in [-0.2, 0) is 13.0 Å². The Kier molecular flexibility index (Phi) is 3.33. The highest BCUT2D eigenvalue weighted by molar-refractivity contribution is 5.25. The number of hydrogen-bond acceptors (Lipinski definition) is 3. The third-order valence-electron chi connectivity index (χ3n) is 2.64. The van der Waals surface area contributed by atoms with Gasteiger partial charge >= 0.3 is 6.18 Å². The van der Waals surface area contributed by atoms with Crippen LogP contribution in [-0.4, -0.2) is 23.2 Å². The maximum atomic E-state index is 12.2. The van der Waals surface area contributed by atoms with E-state index in [2.05, 4.69) is 15.3 Å². The van der Waals surface area contributed by atoms with E-state index in [0.717, 1.165) is 24.1 Å². The van der Waals surface area contributed by atoms with Crippen LogP contribution >= 0.6 is 0 Å². The van der Waals surface area contributed by atoms with Crippen molar-refractivity contribution in [3.05, 3.63) is 23.3 Å². The van der Waals surface area contributed by atoms with E-state index < -0.39 is 12.6 Å². The van der Waals surface area contributed by atoms with Crippen molar-refractivity contribution in [3.63, 3.8) is 0 Å². The summed E-state index contributed by atoms with van der Waals surface area (Å²) in [5, 5.41) is 2.97. The summed E-state index contributed by atoms with van der Waals surface area (Å²) in [6.45, 7) is 0.595. The van der Waals surface area contributed by atoms with Gasteiger partial charge in [-0.3, -0.25) is 0 Å². The SMILES string of the molecule is CNCc1cnc(CC(F)(F)F)nc1C1CC1. The molecule has 2 rings (SSSR count). The molecule has 0 unspecified atom stereocenters. The predicted octanol–water partition coefficient (Wildman–Crippen LogP) is 2.18. The molecule has 1 N–H and O–H groups in total. The van der Waals surface area contributed by atoms with Crippen molar-refractivity contribution >= 4 is 0 Å². The molecule has 94 valence electrons. The van der Waals surface area contributed by atoms with E-state index in [-0.39, 0.29) is 5.82 Å². The first kappa shape index (κ1) is 12.3. The second-order valence-electron chi connectivity index (χ2n) is 4.29. The van der Waals surface area contributed by atoms with Crippen LogP contribution in [0.1, 0.15) is 35.8 Å². The van der Waals surface area contributed by atoms with Crippen LogP contribution in [0.4, 0.5) is 13.2 Å². The molecule has 1 aliphatic rings. The molecule has 0 spiro atoms. The third-order valence-corrected chi connectivity index (χ3v) is 2.64. The second kappa shape index (κ2) is 4.60. The molecule has 0 aliphatic heterocycles. The lowest BCUT2D eigenvalue weighted by molar-refractivity contribution is -0.128. The summed E-state index contributed by atoms with van der Waals surface area (Å²) >= 11 is 0. The van der Waals surface area contributed by atoms with Gasteiger partial charge in [-0.05, 0) is 19.9 Å². The molecule has 17 heavy (non-hydrogen) atoms. The van der Waals surface area contributed by atoms with Crippen LogP contribution in [0.5, 0.6) is 0 Å². The first-order chi connectivity index (χ1) is 7.99. The minimum absolute atomic E-state index is 0.126. The van der Waals surface area contributed by atoms with Gasteiger partial charge in [0, 0.05) is 24.2 Å². The van der Waals surface area contributed by atoms with Crippen molar-refractivity contribution < 1.29 is 13.2 Å². The average Bonchev–Trinajstić information content (AvgIpc) is 3.02. The van der Waals surface area contributed by atoms with Gasteiger partial charge in [-0.15, -0.1) is 0 Å². The third kappa shape index (κ3) is 3.39. The lowest BCUT2D eigenvalue weighted by atomic mass is 10.1. The maximum Gasteiger partial charge on any atom is 0.396 e. The average molecular weight is 245 g/mol. The van der Waals surface area contributed by atoms with Crippen molar-refractivity contribution in [2.24, 2.45) is 0 Å². The highest BCUT2D eigenvalue weighted by Gasteiger charge is 2.32. The van der Waals surface area contributed by atoms with E-state index in [9.17, 15) is 13.2 Å². The molecule has 0 aromatic carbocycles. The Labute approximate surface area is 97.5 Å². The molecule has 0 bridgehead atoms. The Morgan fingerprint density at radius 2 is 2.12 bits per heavy atom. The first-order valence-corrected chi connectivity index (χ1v) is 5.55. The molecule has 3 nitrogen and oxygen atoms in total. The van der Waals surface area contributed by atoms with Crippen LogP contribution in [0.3, 0.4) is 0 Å². The number of aromatic nitrogens is 2. The lowest BCUT2D eigenvalue weighted by Gasteiger charge is -2.10. The number of rotatable bonds is 4. The molecular formula is C11H14F3N3. The van der Waals surface area contributed by atoms with Gasteiger partial charge in [0.15, 0.2) is 0 Å². The van der Waals surface area contributed by atoms with Crippen LogP contribution in [0.25, 0.3) is 0 Å². The summed E-state index contributed by atoms with van der Waals surface area (Å²) in [6, 6.07) is 0. The zero-order valence-electron chi connectivity index (χ0n) is 9.51. The van der Waals surface area contributed by atoms with Crippen molar-refractivity contribution in [2.75, 3.05) is 7.05 Å². The Hall–Kier alpha value is -1.17. The van der Waals surface area contributed by atoms with Gasteiger partial charge in [-0.2, -0.15) is 13.2 Å². The molecule has 1 fully saturated rings. The summed E-state index contributed by atoms with van der Waals surface area (Å²) in [5.74, 6) is 0.201. The molecule has 0 radical (unpaired) electrons. The number of hydrogen-bond donors (Lipinski definition) is 1. The van der Waals surface area contributed by atoms with Crippen LogP contribution < -0.4 is 5.32 Å². The Morgan fingerprint density at radius 3 is 2.65 bits per heavy atom. The molecule has 1 heterocycles. The number of alkyl halides is 3. The summed E-state index contributed by atoms with van der Waals surface area (Å²) in [6.07, 6.45) is -1.76. The van der Waals surface area contributed by atoms with Crippen LogP contribution in [0, 0.1) is 0 Å². The van der Waals surface area contributed by atoms with Crippen molar-refractivity contribution in [1.29, 1.82) is 0 Å². The van der Waals surface area contributed by atoms with Gasteiger partial charge in [0.2, 0.25) is 0 Å². The quantitative estimate of drug-likeness (QED) is 0.883. The lowest BCUT2D eigenvalue weighted by Crippen LogP contribution is -2.17. The first-order valence-electron chi connectivity index (χ1n) is 5.55. The summed E-state index contributed by atoms with van der Waals surface area (Å²) in [7, 11) is 1.79. The molecule has 0 amide bonds. The number of nitrogens with zero attached hydrogens (tertiary/aromatic N) is 2. The van der Waals surface area contributed by atoms with Gasteiger partial charge in [0.1, 0.15) is 12.2 Å². The van der Waals surface area contributed by atoms with Crippen molar-refractivity contribution in [1.82, 2.24) is 15.3 Å². The van der Waals surface area contributed by atoms with E-state index in [4.69, 9.17) is 0 Å². The second-order valence-corrected chi connectivity index (χ2v) is 4.29. The minimum atomic E-state index is -4.24. The summed E-state index contributed by atoms with van der Waals surface area (Å²) < 4.78 is 36.7. The summed E-state index contributed by atoms with van der Waals surface area (Å²) in [5.41, 5.74) is 1.69. The normalized spacial score (nSPS) is 16.2. The van der Waals surface area contributed by atoms with Gasteiger partial charge < -0.3 is 5.32 Å². The van der Waals surface area contributed by atoms with Gasteiger partial charge in [-0.1, -0.05) is 0 Å². The smallest absolute Gasteiger partial charge is 0.316 e. The fourth-order valence-electron chi connectivity index (χ4n) is 1.76. The number of nitrogens with one attached hydrogen (secondary N) is 1. The molecule has 0 saturated heterocycles. The Balaban J connectivity index is 2.22. The fourth-order valence-corrected chi connectivity index (χ4v) is 1.76. The number of halogens is 3. The molecule has 6 heteroatoms. The Bertz CT molecular complexity index is 399. The topological polar surface area (TPSA) is 37.8 Å². The highest BCUT2D eigenvalue weighted by Crippen LogP contribution is 2.40. The minimum Gasteiger partial charge on any atom is -0.316 e. The van der Waals surface area contributed by atoms with Crippen molar-refractivity contribution in [3.8, 4) is 0 Å². The van der Waals surface area contributed by atoms with Gasteiger partial charge in [0.05, 0.1) is 5.69 Å². The van der Waals surface area contributed by atoms with Gasteiger partial charge in [0.25, 0.3) is 0 Å². The maximum absolute atomic E-state index is 12.2. The largest absolute Gasteiger partial charge is 0.396 e. The summed E-state index contributed by atoms with van der Waals surface area (Å²) in [4.78, 5) is 7.85. The molecule has 1 aromatic rings. The standard InChI is InChI=1S/C11H14F3N3/c1-15-5-8-6-16-9(4-11(12,13)14)17-10(8)7-2-3-7/h6-7,15H,2-5H2,1H3.